The smallest absolute Gasteiger partial charge is 0.139 e. The summed E-state index contributed by atoms with van der Waals surface area (Å²) in [6.07, 6.45) is 0. The van der Waals surface area contributed by atoms with Gasteiger partial charge in [0.05, 0.1) is 22.8 Å². The number of halogens is 1. The predicted molar refractivity (Wildman–Crippen MR) is 82.5 cm³/mol. The molecule has 1 N–H and O–H groups in total. The molecule has 0 heterocycles. The second-order valence-electron chi connectivity index (χ2n) is 4.56. The number of hydrogen-bond donors (Lipinski definition) is 1. The molecule has 0 fully saturated rings. The summed E-state index contributed by atoms with van der Waals surface area (Å²) in [5.41, 5.74) is 0.989. The van der Waals surface area contributed by atoms with E-state index in [2.05, 4.69) is 5.32 Å². The maximum absolute atomic E-state index is 13.7. The largest absolute Gasteiger partial charge is 0.497 e. The molecule has 5 heteroatoms. The third kappa shape index (κ3) is 3.89. The Labute approximate surface area is 126 Å². The molecule has 2 atom stereocenters. The lowest BCUT2D eigenvalue weighted by Gasteiger charge is -2.17. The Balaban J connectivity index is 2.15. The fourth-order valence-corrected chi connectivity index (χ4v) is 3.41. The molecule has 2 unspecified atom stereocenters. The summed E-state index contributed by atoms with van der Waals surface area (Å²) in [6.45, 7) is 0. The van der Waals surface area contributed by atoms with E-state index < -0.39 is 16.6 Å². The Morgan fingerprint density at radius 2 is 1.86 bits per heavy atom. The van der Waals surface area contributed by atoms with Crippen LogP contribution < -0.4 is 10.1 Å². The van der Waals surface area contributed by atoms with Crippen LogP contribution in [-0.2, 0) is 10.8 Å². The second kappa shape index (κ2) is 7.33. The summed E-state index contributed by atoms with van der Waals surface area (Å²) in [6, 6.07) is 13.6. The van der Waals surface area contributed by atoms with Gasteiger partial charge in [0.15, 0.2) is 0 Å². The standard InChI is InChI=1S/C16H18FNO2S/c1-18-15(12-7-9-13(20-2)10-8-12)11-21(19)16-6-4-3-5-14(16)17/h3-10,15,18H,11H2,1-2H3. The average molecular weight is 307 g/mol. The number of ether oxygens (including phenoxy) is 1. The number of methoxy groups -OCH3 is 1. The van der Waals surface area contributed by atoms with Gasteiger partial charge >= 0.3 is 0 Å². The Bertz CT molecular complexity index is 616. The summed E-state index contributed by atoms with van der Waals surface area (Å²) >= 11 is 0. The molecular weight excluding hydrogens is 289 g/mol. The summed E-state index contributed by atoms with van der Waals surface area (Å²) in [7, 11) is 2.01. The van der Waals surface area contributed by atoms with E-state index in [-0.39, 0.29) is 10.9 Å². The monoisotopic (exact) mass is 307 g/mol. The number of rotatable bonds is 6. The van der Waals surface area contributed by atoms with Crippen LogP contribution in [-0.4, -0.2) is 24.1 Å². The molecule has 2 aromatic carbocycles. The topological polar surface area (TPSA) is 38.3 Å². The van der Waals surface area contributed by atoms with Crippen molar-refractivity contribution in [1.29, 1.82) is 0 Å². The zero-order valence-electron chi connectivity index (χ0n) is 12.0. The maximum Gasteiger partial charge on any atom is 0.139 e. The van der Waals surface area contributed by atoms with Gasteiger partial charge in [0.1, 0.15) is 11.6 Å². The zero-order chi connectivity index (χ0) is 15.2. The minimum absolute atomic E-state index is 0.114. The lowest BCUT2D eigenvalue weighted by molar-refractivity contribution is 0.414. The van der Waals surface area contributed by atoms with Crippen molar-refractivity contribution in [2.24, 2.45) is 0 Å². The van der Waals surface area contributed by atoms with Crippen LogP contribution in [0.4, 0.5) is 4.39 Å². The van der Waals surface area contributed by atoms with Gasteiger partial charge in [0, 0.05) is 11.8 Å². The Hall–Kier alpha value is -1.72. The van der Waals surface area contributed by atoms with Crippen LogP contribution in [0.25, 0.3) is 0 Å². The zero-order valence-corrected chi connectivity index (χ0v) is 12.8. The number of nitrogens with one attached hydrogen (secondary N) is 1. The molecule has 0 bridgehead atoms. The first-order valence-corrected chi connectivity index (χ1v) is 7.91. The molecule has 112 valence electrons. The second-order valence-corrected chi connectivity index (χ2v) is 6.02. The Morgan fingerprint density at radius 1 is 1.19 bits per heavy atom. The van der Waals surface area contributed by atoms with Crippen LogP contribution in [0.5, 0.6) is 5.75 Å². The van der Waals surface area contributed by atoms with Crippen LogP contribution in [0.3, 0.4) is 0 Å². The van der Waals surface area contributed by atoms with Crippen molar-refractivity contribution in [3.63, 3.8) is 0 Å². The SMILES string of the molecule is CNC(CS(=O)c1ccccc1F)c1ccc(OC)cc1. The van der Waals surface area contributed by atoms with Crippen LogP contribution in [0, 0.1) is 5.82 Å². The van der Waals surface area contributed by atoms with Gasteiger partial charge in [-0.25, -0.2) is 4.39 Å². The highest BCUT2D eigenvalue weighted by Gasteiger charge is 2.16. The van der Waals surface area contributed by atoms with Crippen LogP contribution in [0.1, 0.15) is 11.6 Å². The predicted octanol–water partition coefficient (Wildman–Crippen LogP) is 2.90. The van der Waals surface area contributed by atoms with Crippen molar-refractivity contribution in [2.45, 2.75) is 10.9 Å². The molecule has 0 spiro atoms. The van der Waals surface area contributed by atoms with E-state index >= 15 is 0 Å². The Kier molecular flexibility index (Phi) is 5.47. The number of benzene rings is 2. The van der Waals surface area contributed by atoms with Gasteiger partial charge in [-0.05, 0) is 36.9 Å². The molecule has 0 aliphatic rings. The first-order chi connectivity index (χ1) is 10.2. The molecule has 2 rings (SSSR count). The molecule has 0 radical (unpaired) electrons. The first kappa shape index (κ1) is 15.7. The molecular formula is C16H18FNO2S. The molecule has 0 amide bonds. The average Bonchev–Trinajstić information content (AvgIpc) is 2.53. The van der Waals surface area contributed by atoms with Gasteiger partial charge < -0.3 is 10.1 Å². The summed E-state index contributed by atoms with van der Waals surface area (Å²) < 4.78 is 31.1. The van der Waals surface area contributed by atoms with Gasteiger partial charge in [-0.1, -0.05) is 24.3 Å². The normalized spacial score (nSPS) is 13.7. The third-order valence-electron chi connectivity index (χ3n) is 3.27. The van der Waals surface area contributed by atoms with Crippen molar-refractivity contribution in [3.05, 3.63) is 59.9 Å². The van der Waals surface area contributed by atoms with Crippen LogP contribution in [0.2, 0.25) is 0 Å². The molecule has 0 saturated carbocycles. The van der Waals surface area contributed by atoms with Gasteiger partial charge in [-0.15, -0.1) is 0 Å². The Morgan fingerprint density at radius 3 is 2.43 bits per heavy atom. The fourth-order valence-electron chi connectivity index (χ4n) is 2.05. The van der Waals surface area contributed by atoms with Crippen molar-refractivity contribution in [2.75, 3.05) is 19.9 Å². The van der Waals surface area contributed by atoms with E-state index in [0.717, 1.165) is 11.3 Å². The van der Waals surface area contributed by atoms with Crippen LogP contribution in [0.15, 0.2) is 53.4 Å². The molecule has 0 aliphatic carbocycles. The van der Waals surface area contributed by atoms with Gasteiger partial charge in [0.25, 0.3) is 0 Å². The number of hydrogen-bond acceptors (Lipinski definition) is 3. The fraction of sp³-hybridized carbons (Fsp3) is 0.250. The van der Waals surface area contributed by atoms with Gasteiger partial charge in [-0.3, -0.25) is 4.21 Å². The summed E-state index contributed by atoms with van der Waals surface area (Å²) in [5.74, 6) is 0.647. The highest BCUT2D eigenvalue weighted by atomic mass is 32.2. The minimum atomic E-state index is -1.40. The lowest BCUT2D eigenvalue weighted by atomic mass is 10.1. The van der Waals surface area contributed by atoms with E-state index in [9.17, 15) is 8.60 Å². The highest BCUT2D eigenvalue weighted by Crippen LogP contribution is 2.21. The van der Waals surface area contributed by atoms with E-state index in [4.69, 9.17) is 4.74 Å². The van der Waals surface area contributed by atoms with E-state index in [0.29, 0.717) is 5.75 Å². The quantitative estimate of drug-likeness (QED) is 0.892. The van der Waals surface area contributed by atoms with E-state index in [1.807, 2.05) is 24.3 Å². The van der Waals surface area contributed by atoms with Crippen molar-refractivity contribution in [3.8, 4) is 5.75 Å². The summed E-state index contributed by atoms with van der Waals surface area (Å²) in [5, 5.41) is 3.12. The van der Waals surface area contributed by atoms with Crippen LogP contribution >= 0.6 is 0 Å². The molecule has 0 aliphatic heterocycles. The maximum atomic E-state index is 13.7. The lowest BCUT2D eigenvalue weighted by Crippen LogP contribution is -2.23. The van der Waals surface area contributed by atoms with Gasteiger partial charge in [-0.2, -0.15) is 0 Å². The first-order valence-electron chi connectivity index (χ1n) is 6.60. The van der Waals surface area contributed by atoms with Crippen molar-refractivity contribution >= 4 is 10.8 Å². The summed E-state index contributed by atoms with van der Waals surface area (Å²) in [4.78, 5) is 0.242. The van der Waals surface area contributed by atoms with E-state index in [1.165, 1.54) is 6.07 Å². The molecule has 3 nitrogen and oxygen atoms in total. The molecule has 0 aromatic heterocycles. The third-order valence-corrected chi connectivity index (χ3v) is 4.72. The van der Waals surface area contributed by atoms with E-state index in [1.54, 1.807) is 32.4 Å². The van der Waals surface area contributed by atoms with Crippen molar-refractivity contribution < 1.29 is 13.3 Å². The molecule has 2 aromatic rings. The molecule has 21 heavy (non-hydrogen) atoms. The van der Waals surface area contributed by atoms with Crippen molar-refractivity contribution in [1.82, 2.24) is 5.32 Å². The van der Waals surface area contributed by atoms with Gasteiger partial charge in [0.2, 0.25) is 0 Å². The highest BCUT2D eigenvalue weighted by molar-refractivity contribution is 7.85. The minimum Gasteiger partial charge on any atom is -0.497 e. The molecule has 0 saturated heterocycles.